The van der Waals surface area contributed by atoms with E-state index in [2.05, 4.69) is 36.9 Å². The van der Waals surface area contributed by atoms with Crippen LogP contribution in [0.5, 0.6) is 5.75 Å². The standard InChI is InChI=1S/C17H21NO/c1-4-18(16-8-6-5-7-9-16)12-15-11-13(2)10-14(3)17(15)19/h5-11,19H,4,12H2,1-3H3. The largest absolute Gasteiger partial charge is 0.507 e. The van der Waals surface area contributed by atoms with E-state index in [0.29, 0.717) is 5.75 Å². The van der Waals surface area contributed by atoms with Gasteiger partial charge in [-0.05, 0) is 38.5 Å². The molecule has 0 aliphatic heterocycles. The van der Waals surface area contributed by atoms with Crippen LogP contribution in [-0.4, -0.2) is 11.7 Å². The summed E-state index contributed by atoms with van der Waals surface area (Å²) in [6.07, 6.45) is 0. The van der Waals surface area contributed by atoms with E-state index < -0.39 is 0 Å². The third-order valence-electron chi connectivity index (χ3n) is 3.39. The lowest BCUT2D eigenvalue weighted by molar-refractivity contribution is 0.463. The first-order chi connectivity index (χ1) is 9.11. The van der Waals surface area contributed by atoms with Crippen molar-refractivity contribution in [3.05, 3.63) is 59.2 Å². The van der Waals surface area contributed by atoms with Gasteiger partial charge in [-0.3, -0.25) is 0 Å². The summed E-state index contributed by atoms with van der Waals surface area (Å²) >= 11 is 0. The summed E-state index contributed by atoms with van der Waals surface area (Å²) in [6, 6.07) is 14.4. The van der Waals surface area contributed by atoms with Crippen LogP contribution in [0.25, 0.3) is 0 Å². The molecule has 0 aromatic heterocycles. The number of hydrogen-bond donors (Lipinski definition) is 1. The quantitative estimate of drug-likeness (QED) is 0.891. The molecule has 0 bridgehead atoms. The van der Waals surface area contributed by atoms with Crippen LogP contribution in [0.3, 0.4) is 0 Å². The molecule has 0 heterocycles. The van der Waals surface area contributed by atoms with E-state index in [1.807, 2.05) is 31.2 Å². The average molecular weight is 255 g/mol. The van der Waals surface area contributed by atoms with Gasteiger partial charge in [-0.1, -0.05) is 35.9 Å². The number of hydrogen-bond acceptors (Lipinski definition) is 2. The molecule has 0 amide bonds. The molecular weight excluding hydrogens is 234 g/mol. The Labute approximate surface area is 115 Å². The number of benzene rings is 2. The monoisotopic (exact) mass is 255 g/mol. The first-order valence-corrected chi connectivity index (χ1v) is 6.71. The lowest BCUT2D eigenvalue weighted by atomic mass is 10.0. The van der Waals surface area contributed by atoms with Gasteiger partial charge in [0.05, 0.1) is 0 Å². The zero-order valence-electron chi connectivity index (χ0n) is 11.9. The zero-order valence-corrected chi connectivity index (χ0v) is 11.9. The van der Waals surface area contributed by atoms with Gasteiger partial charge in [0, 0.05) is 24.3 Å². The molecule has 1 N–H and O–H groups in total. The van der Waals surface area contributed by atoms with Crippen LogP contribution in [0.2, 0.25) is 0 Å². The highest BCUT2D eigenvalue weighted by Crippen LogP contribution is 2.26. The van der Waals surface area contributed by atoms with Crippen molar-refractivity contribution in [2.24, 2.45) is 0 Å². The Kier molecular flexibility index (Phi) is 4.10. The van der Waals surface area contributed by atoms with Crippen LogP contribution >= 0.6 is 0 Å². The first-order valence-electron chi connectivity index (χ1n) is 6.71. The highest BCUT2D eigenvalue weighted by Gasteiger charge is 2.10. The van der Waals surface area contributed by atoms with Gasteiger partial charge in [-0.2, -0.15) is 0 Å². The molecule has 2 heteroatoms. The molecule has 0 aliphatic carbocycles. The van der Waals surface area contributed by atoms with E-state index in [9.17, 15) is 5.11 Å². The van der Waals surface area contributed by atoms with Crippen LogP contribution in [0.1, 0.15) is 23.6 Å². The van der Waals surface area contributed by atoms with Gasteiger partial charge < -0.3 is 10.0 Å². The van der Waals surface area contributed by atoms with Gasteiger partial charge in [-0.15, -0.1) is 0 Å². The maximum absolute atomic E-state index is 10.2. The minimum absolute atomic E-state index is 0.417. The molecule has 0 spiro atoms. The zero-order chi connectivity index (χ0) is 13.8. The maximum atomic E-state index is 10.2. The van der Waals surface area contributed by atoms with Crippen LogP contribution < -0.4 is 4.90 Å². The molecule has 0 saturated carbocycles. The normalized spacial score (nSPS) is 10.5. The molecule has 2 nitrogen and oxygen atoms in total. The van der Waals surface area contributed by atoms with Crippen molar-refractivity contribution in [3.8, 4) is 5.75 Å². The lowest BCUT2D eigenvalue weighted by Crippen LogP contribution is -2.22. The van der Waals surface area contributed by atoms with Crippen LogP contribution in [0.4, 0.5) is 5.69 Å². The second-order valence-electron chi connectivity index (χ2n) is 4.94. The molecule has 19 heavy (non-hydrogen) atoms. The molecule has 0 saturated heterocycles. The Morgan fingerprint density at radius 2 is 1.74 bits per heavy atom. The van der Waals surface area contributed by atoms with E-state index in [4.69, 9.17) is 0 Å². The molecule has 2 aromatic carbocycles. The Morgan fingerprint density at radius 1 is 1.05 bits per heavy atom. The Hall–Kier alpha value is -1.96. The Morgan fingerprint density at radius 3 is 2.37 bits per heavy atom. The minimum atomic E-state index is 0.417. The fraction of sp³-hybridized carbons (Fsp3) is 0.294. The summed E-state index contributed by atoms with van der Waals surface area (Å²) in [5.41, 5.74) is 4.31. The van der Waals surface area contributed by atoms with Crippen molar-refractivity contribution in [3.63, 3.8) is 0 Å². The highest BCUT2D eigenvalue weighted by molar-refractivity contribution is 5.49. The SMILES string of the molecule is CCN(Cc1cc(C)cc(C)c1O)c1ccccc1. The Balaban J connectivity index is 2.29. The van der Waals surface area contributed by atoms with Crippen molar-refractivity contribution >= 4 is 5.69 Å². The smallest absolute Gasteiger partial charge is 0.123 e. The Bertz CT molecular complexity index is 549. The van der Waals surface area contributed by atoms with E-state index in [1.54, 1.807) is 0 Å². The fourth-order valence-electron chi connectivity index (χ4n) is 2.40. The maximum Gasteiger partial charge on any atom is 0.123 e. The topological polar surface area (TPSA) is 23.5 Å². The number of phenolic OH excluding ortho intramolecular Hbond substituents is 1. The second-order valence-corrected chi connectivity index (χ2v) is 4.94. The third-order valence-corrected chi connectivity index (χ3v) is 3.39. The first kappa shape index (κ1) is 13.5. The van der Waals surface area contributed by atoms with Gasteiger partial charge in [-0.25, -0.2) is 0 Å². The van der Waals surface area contributed by atoms with Gasteiger partial charge in [0.2, 0.25) is 0 Å². The van der Waals surface area contributed by atoms with Crippen LogP contribution in [0.15, 0.2) is 42.5 Å². The molecule has 2 rings (SSSR count). The summed E-state index contributed by atoms with van der Waals surface area (Å²) in [7, 11) is 0. The summed E-state index contributed by atoms with van der Waals surface area (Å²) in [6.45, 7) is 7.79. The summed E-state index contributed by atoms with van der Waals surface area (Å²) < 4.78 is 0. The van der Waals surface area contributed by atoms with Gasteiger partial charge in [0.25, 0.3) is 0 Å². The van der Waals surface area contributed by atoms with Crippen molar-refractivity contribution in [1.82, 2.24) is 0 Å². The summed E-state index contributed by atoms with van der Waals surface area (Å²) in [5.74, 6) is 0.417. The predicted molar refractivity (Wildman–Crippen MR) is 80.7 cm³/mol. The number of phenols is 1. The number of rotatable bonds is 4. The minimum Gasteiger partial charge on any atom is -0.507 e. The average Bonchev–Trinajstić information content (AvgIpc) is 2.42. The van der Waals surface area contributed by atoms with Gasteiger partial charge in [0.1, 0.15) is 5.75 Å². The summed E-state index contributed by atoms with van der Waals surface area (Å²) in [5, 5.41) is 10.2. The number of aryl methyl sites for hydroxylation is 2. The molecule has 0 atom stereocenters. The van der Waals surface area contributed by atoms with Crippen LogP contribution in [0, 0.1) is 13.8 Å². The number of aromatic hydroxyl groups is 1. The molecule has 0 fully saturated rings. The van der Waals surface area contributed by atoms with Crippen molar-refractivity contribution in [2.75, 3.05) is 11.4 Å². The van der Waals surface area contributed by atoms with Crippen LogP contribution in [-0.2, 0) is 6.54 Å². The molecule has 0 unspecified atom stereocenters. The van der Waals surface area contributed by atoms with Gasteiger partial charge in [0.15, 0.2) is 0 Å². The molecule has 100 valence electrons. The van der Waals surface area contributed by atoms with E-state index in [1.165, 1.54) is 11.3 Å². The van der Waals surface area contributed by atoms with Crippen molar-refractivity contribution < 1.29 is 5.11 Å². The third kappa shape index (κ3) is 3.08. The number of nitrogens with zero attached hydrogens (tertiary/aromatic N) is 1. The van der Waals surface area contributed by atoms with E-state index in [0.717, 1.165) is 24.2 Å². The van der Waals surface area contributed by atoms with Crippen molar-refractivity contribution in [2.45, 2.75) is 27.3 Å². The predicted octanol–water partition coefficient (Wildman–Crippen LogP) is 4.04. The highest BCUT2D eigenvalue weighted by atomic mass is 16.3. The van der Waals surface area contributed by atoms with Gasteiger partial charge >= 0.3 is 0 Å². The molecular formula is C17H21NO. The summed E-state index contributed by atoms with van der Waals surface area (Å²) in [4.78, 5) is 2.26. The second kappa shape index (κ2) is 5.79. The molecule has 0 radical (unpaired) electrons. The molecule has 0 aliphatic rings. The van der Waals surface area contributed by atoms with Crippen molar-refractivity contribution in [1.29, 1.82) is 0 Å². The molecule has 2 aromatic rings. The van der Waals surface area contributed by atoms with E-state index >= 15 is 0 Å². The lowest BCUT2D eigenvalue weighted by Gasteiger charge is -2.24. The fourth-order valence-corrected chi connectivity index (χ4v) is 2.40. The van der Waals surface area contributed by atoms with E-state index in [-0.39, 0.29) is 0 Å². The number of para-hydroxylation sites is 1. The number of anilines is 1.